The molecule has 1 aliphatic carbocycles. The first-order chi connectivity index (χ1) is 6.45. The van der Waals surface area contributed by atoms with E-state index in [4.69, 9.17) is 5.26 Å². The van der Waals surface area contributed by atoms with E-state index in [9.17, 15) is 4.79 Å². The van der Waals surface area contributed by atoms with Crippen LogP contribution in [0.15, 0.2) is 0 Å². The van der Waals surface area contributed by atoms with Gasteiger partial charge in [0, 0.05) is 11.5 Å². The molecule has 0 bridgehead atoms. The Bertz CT molecular complexity index is 310. The van der Waals surface area contributed by atoms with Gasteiger partial charge >= 0.3 is 0 Å². The molecule has 0 aromatic rings. The predicted octanol–water partition coefficient (Wildman–Crippen LogP) is 1.55. The fourth-order valence-electron chi connectivity index (χ4n) is 2.25. The zero-order valence-corrected chi connectivity index (χ0v) is 8.95. The highest BCUT2D eigenvalue weighted by atomic mass is 16.2. The van der Waals surface area contributed by atoms with Crippen LogP contribution in [0.25, 0.3) is 0 Å². The number of carbonyl (C=O) groups excluding carboxylic acids is 1. The Morgan fingerprint density at radius 1 is 1.43 bits per heavy atom. The number of amides is 1. The molecule has 1 saturated carbocycles. The van der Waals surface area contributed by atoms with Crippen molar-refractivity contribution in [3.8, 4) is 6.07 Å². The molecule has 1 aliphatic heterocycles. The average molecular weight is 192 g/mol. The Morgan fingerprint density at radius 2 is 2.07 bits per heavy atom. The third-order valence-electron chi connectivity index (χ3n) is 3.13. The largest absolute Gasteiger partial charge is 0.323 e. The van der Waals surface area contributed by atoms with Gasteiger partial charge in [0.2, 0.25) is 5.91 Å². The molecule has 2 aliphatic rings. The van der Waals surface area contributed by atoms with Crippen LogP contribution < -0.4 is 0 Å². The first-order valence-electron chi connectivity index (χ1n) is 5.17. The van der Waals surface area contributed by atoms with E-state index in [2.05, 4.69) is 6.07 Å². The molecule has 0 aromatic heterocycles. The standard InChI is InChI=1S/C11H16N2O/c1-11(2,3)10(14)13-8(6-12)4-7-5-9(7)13/h7-9H,4-5H2,1-3H3. The Balaban J connectivity index is 2.17. The Hall–Kier alpha value is -1.04. The molecule has 3 nitrogen and oxygen atoms in total. The summed E-state index contributed by atoms with van der Waals surface area (Å²) in [6.45, 7) is 5.75. The molecule has 0 N–H and O–H groups in total. The van der Waals surface area contributed by atoms with Gasteiger partial charge in [0.1, 0.15) is 6.04 Å². The van der Waals surface area contributed by atoms with Crippen LogP contribution in [0, 0.1) is 22.7 Å². The van der Waals surface area contributed by atoms with Gasteiger partial charge in [-0.15, -0.1) is 0 Å². The number of piperidine rings is 1. The Kier molecular flexibility index (Phi) is 1.85. The van der Waals surface area contributed by atoms with Gasteiger partial charge in [-0.2, -0.15) is 5.26 Å². The summed E-state index contributed by atoms with van der Waals surface area (Å²) >= 11 is 0. The summed E-state index contributed by atoms with van der Waals surface area (Å²) in [7, 11) is 0. The van der Waals surface area contributed by atoms with Gasteiger partial charge in [-0.25, -0.2) is 0 Å². The molecule has 3 unspecified atom stereocenters. The first kappa shape index (κ1) is 9.51. The minimum Gasteiger partial charge on any atom is -0.323 e. The fourth-order valence-corrected chi connectivity index (χ4v) is 2.25. The second kappa shape index (κ2) is 2.73. The van der Waals surface area contributed by atoms with Gasteiger partial charge in [0.05, 0.1) is 6.07 Å². The molecule has 76 valence electrons. The molecule has 2 fully saturated rings. The van der Waals surface area contributed by atoms with Gasteiger partial charge < -0.3 is 4.90 Å². The number of carbonyl (C=O) groups is 1. The van der Waals surface area contributed by atoms with Crippen LogP contribution in [0.5, 0.6) is 0 Å². The van der Waals surface area contributed by atoms with Crippen molar-refractivity contribution in [2.75, 3.05) is 0 Å². The number of hydrogen-bond acceptors (Lipinski definition) is 2. The Labute approximate surface area is 84.7 Å². The van der Waals surface area contributed by atoms with E-state index >= 15 is 0 Å². The molecule has 1 saturated heterocycles. The van der Waals surface area contributed by atoms with Crippen LogP contribution >= 0.6 is 0 Å². The topological polar surface area (TPSA) is 44.1 Å². The number of rotatable bonds is 0. The fraction of sp³-hybridized carbons (Fsp3) is 0.818. The van der Waals surface area contributed by atoms with E-state index in [1.54, 1.807) is 0 Å². The summed E-state index contributed by atoms with van der Waals surface area (Å²) < 4.78 is 0. The molecule has 14 heavy (non-hydrogen) atoms. The lowest BCUT2D eigenvalue weighted by atomic mass is 9.94. The van der Waals surface area contributed by atoms with E-state index in [-0.39, 0.29) is 17.4 Å². The molecule has 1 heterocycles. The van der Waals surface area contributed by atoms with E-state index in [1.165, 1.54) is 0 Å². The third kappa shape index (κ3) is 1.30. The van der Waals surface area contributed by atoms with Crippen molar-refractivity contribution in [1.29, 1.82) is 5.26 Å². The predicted molar refractivity (Wildman–Crippen MR) is 52.2 cm³/mol. The maximum atomic E-state index is 12.0. The summed E-state index contributed by atoms with van der Waals surface area (Å²) in [6.07, 6.45) is 2.00. The zero-order valence-electron chi connectivity index (χ0n) is 8.95. The van der Waals surface area contributed by atoms with Crippen molar-refractivity contribution in [2.24, 2.45) is 11.3 Å². The lowest BCUT2D eigenvalue weighted by Gasteiger charge is -2.29. The summed E-state index contributed by atoms with van der Waals surface area (Å²) in [5.41, 5.74) is -0.355. The Morgan fingerprint density at radius 3 is 2.57 bits per heavy atom. The van der Waals surface area contributed by atoms with E-state index < -0.39 is 0 Å². The highest BCUT2D eigenvalue weighted by molar-refractivity contribution is 5.83. The van der Waals surface area contributed by atoms with Crippen molar-refractivity contribution in [3.63, 3.8) is 0 Å². The van der Waals surface area contributed by atoms with E-state index in [1.807, 2.05) is 25.7 Å². The van der Waals surface area contributed by atoms with E-state index in [0.717, 1.165) is 12.8 Å². The van der Waals surface area contributed by atoms with Gasteiger partial charge in [-0.05, 0) is 18.8 Å². The minimum absolute atomic E-state index is 0.133. The van der Waals surface area contributed by atoms with Gasteiger partial charge in [-0.3, -0.25) is 4.79 Å². The second-order valence-electron chi connectivity index (χ2n) is 5.41. The molecule has 0 radical (unpaired) electrons. The molecule has 3 heteroatoms. The van der Waals surface area contributed by atoms with Crippen molar-refractivity contribution in [3.05, 3.63) is 0 Å². The minimum atomic E-state index is -0.355. The maximum Gasteiger partial charge on any atom is 0.229 e. The molecule has 3 atom stereocenters. The molecule has 2 rings (SSSR count). The molecule has 0 aromatic carbocycles. The van der Waals surface area contributed by atoms with Gasteiger partial charge in [-0.1, -0.05) is 20.8 Å². The lowest BCUT2D eigenvalue weighted by Crippen LogP contribution is -2.44. The number of likely N-dealkylation sites (tertiary alicyclic amines) is 1. The number of fused-ring (bicyclic) bond motifs is 1. The van der Waals surface area contributed by atoms with E-state index in [0.29, 0.717) is 12.0 Å². The molecule has 1 amide bonds. The van der Waals surface area contributed by atoms with Crippen LogP contribution in [-0.4, -0.2) is 22.9 Å². The van der Waals surface area contributed by atoms with Crippen molar-refractivity contribution in [2.45, 2.75) is 45.7 Å². The smallest absolute Gasteiger partial charge is 0.229 e. The molecular weight excluding hydrogens is 176 g/mol. The monoisotopic (exact) mass is 192 g/mol. The second-order valence-corrected chi connectivity index (χ2v) is 5.41. The van der Waals surface area contributed by atoms with Gasteiger partial charge in [0.25, 0.3) is 0 Å². The summed E-state index contributed by atoms with van der Waals surface area (Å²) in [5, 5.41) is 8.95. The first-order valence-corrected chi connectivity index (χ1v) is 5.17. The highest BCUT2D eigenvalue weighted by Crippen LogP contribution is 2.48. The average Bonchev–Trinajstić information content (AvgIpc) is 2.75. The quantitative estimate of drug-likeness (QED) is 0.584. The summed E-state index contributed by atoms with van der Waals surface area (Å²) in [6, 6.07) is 2.45. The third-order valence-corrected chi connectivity index (χ3v) is 3.13. The SMILES string of the molecule is CC(C)(C)C(=O)N1C(C#N)CC2CC21. The van der Waals surface area contributed by atoms with Crippen molar-refractivity contribution >= 4 is 5.91 Å². The van der Waals surface area contributed by atoms with Crippen molar-refractivity contribution < 1.29 is 4.79 Å². The number of nitriles is 1. The van der Waals surface area contributed by atoms with Crippen LogP contribution in [0.4, 0.5) is 0 Å². The van der Waals surface area contributed by atoms with Crippen LogP contribution in [0.1, 0.15) is 33.6 Å². The maximum absolute atomic E-state index is 12.0. The highest BCUT2D eigenvalue weighted by Gasteiger charge is 2.55. The summed E-state index contributed by atoms with van der Waals surface area (Å²) in [4.78, 5) is 13.9. The van der Waals surface area contributed by atoms with Crippen LogP contribution in [-0.2, 0) is 4.79 Å². The van der Waals surface area contributed by atoms with Crippen LogP contribution in [0.3, 0.4) is 0 Å². The number of nitrogens with zero attached hydrogens (tertiary/aromatic N) is 2. The normalized spacial score (nSPS) is 35.0. The zero-order chi connectivity index (χ0) is 10.5. The van der Waals surface area contributed by atoms with Gasteiger partial charge in [0.15, 0.2) is 0 Å². The van der Waals surface area contributed by atoms with Crippen LogP contribution in [0.2, 0.25) is 0 Å². The van der Waals surface area contributed by atoms with Crippen molar-refractivity contribution in [1.82, 2.24) is 4.90 Å². The molecular formula is C11H16N2O. The molecule has 0 spiro atoms. The summed E-state index contributed by atoms with van der Waals surface area (Å²) in [5.74, 6) is 0.750. The lowest BCUT2D eigenvalue weighted by molar-refractivity contribution is -0.140. The number of hydrogen-bond donors (Lipinski definition) is 0.